The number of aromatic nitrogens is 2. The summed E-state index contributed by atoms with van der Waals surface area (Å²) in [4.78, 5) is 32.9. The Labute approximate surface area is 186 Å². The standard InChI is InChI=1S/C24H20F3N3O3/c1-3-11-4-12(25)5-18-13(11)8-19(28-18)24(32)30(2)21-10-33-9-20-22(21)14-6-16(26)17(27)7-15(14)23(31)29-20/h4-8,21,28H,3,9-10H2,1-2H3,(H,29,31)/t21-/m1/s1. The van der Waals surface area contributed by atoms with Gasteiger partial charge in [0.05, 0.1) is 24.6 Å². The highest BCUT2D eigenvalue weighted by atomic mass is 19.2. The van der Waals surface area contributed by atoms with Gasteiger partial charge < -0.3 is 19.6 Å². The highest BCUT2D eigenvalue weighted by Crippen LogP contribution is 2.34. The van der Waals surface area contributed by atoms with Crippen molar-refractivity contribution in [1.29, 1.82) is 0 Å². The molecule has 0 unspecified atom stereocenters. The van der Waals surface area contributed by atoms with E-state index >= 15 is 0 Å². The molecule has 1 aliphatic heterocycles. The number of halogens is 3. The Balaban J connectivity index is 1.61. The van der Waals surface area contributed by atoms with E-state index in [-0.39, 0.29) is 29.7 Å². The Hall–Kier alpha value is -3.59. The van der Waals surface area contributed by atoms with Crippen LogP contribution < -0.4 is 5.56 Å². The summed E-state index contributed by atoms with van der Waals surface area (Å²) in [7, 11) is 1.56. The molecular formula is C24H20F3N3O3. The predicted octanol–water partition coefficient (Wildman–Crippen LogP) is 4.33. The van der Waals surface area contributed by atoms with Crippen LogP contribution in [0.25, 0.3) is 21.7 Å². The number of aromatic amines is 2. The Morgan fingerprint density at radius 1 is 1.06 bits per heavy atom. The first kappa shape index (κ1) is 21.3. The fourth-order valence-electron chi connectivity index (χ4n) is 4.56. The molecule has 4 aromatic rings. The lowest BCUT2D eigenvalue weighted by molar-refractivity contribution is 0.0333. The molecule has 0 saturated carbocycles. The number of pyridine rings is 1. The quantitative estimate of drug-likeness (QED) is 0.483. The fourth-order valence-corrected chi connectivity index (χ4v) is 4.56. The molecule has 1 atom stereocenters. The van der Waals surface area contributed by atoms with Crippen molar-refractivity contribution in [2.45, 2.75) is 26.0 Å². The molecule has 170 valence electrons. The molecule has 0 bridgehead atoms. The molecule has 0 aliphatic carbocycles. The van der Waals surface area contributed by atoms with E-state index in [1.165, 1.54) is 17.0 Å². The highest BCUT2D eigenvalue weighted by molar-refractivity contribution is 5.99. The molecule has 0 fully saturated rings. The van der Waals surface area contributed by atoms with Crippen LogP contribution in [-0.2, 0) is 17.8 Å². The van der Waals surface area contributed by atoms with Crippen molar-refractivity contribution in [2.75, 3.05) is 13.7 Å². The topological polar surface area (TPSA) is 78.2 Å². The minimum atomic E-state index is -1.13. The first-order valence-corrected chi connectivity index (χ1v) is 10.5. The second-order valence-corrected chi connectivity index (χ2v) is 8.17. The molecule has 2 aromatic carbocycles. The van der Waals surface area contributed by atoms with E-state index in [1.807, 2.05) is 6.92 Å². The Morgan fingerprint density at radius 3 is 2.52 bits per heavy atom. The summed E-state index contributed by atoms with van der Waals surface area (Å²) in [5.74, 6) is -3.00. The van der Waals surface area contributed by atoms with Crippen LogP contribution in [0.2, 0.25) is 0 Å². The minimum Gasteiger partial charge on any atom is -0.373 e. The molecule has 3 heterocycles. The molecule has 5 rings (SSSR count). The van der Waals surface area contributed by atoms with E-state index in [9.17, 15) is 22.8 Å². The molecule has 2 N–H and O–H groups in total. The number of H-pyrrole nitrogens is 2. The van der Waals surface area contributed by atoms with Gasteiger partial charge in [-0.05, 0) is 47.7 Å². The van der Waals surface area contributed by atoms with Crippen molar-refractivity contribution in [1.82, 2.24) is 14.9 Å². The monoisotopic (exact) mass is 455 g/mol. The van der Waals surface area contributed by atoms with Crippen molar-refractivity contribution >= 4 is 27.6 Å². The number of ether oxygens (including phenoxy) is 1. The lowest BCUT2D eigenvalue weighted by atomic mass is 9.95. The van der Waals surface area contributed by atoms with Crippen LogP contribution in [0.3, 0.4) is 0 Å². The second kappa shape index (κ2) is 7.77. The lowest BCUT2D eigenvalue weighted by Crippen LogP contribution is -2.37. The normalized spacial score (nSPS) is 15.7. The average Bonchev–Trinajstić information content (AvgIpc) is 3.22. The Morgan fingerprint density at radius 2 is 1.79 bits per heavy atom. The van der Waals surface area contributed by atoms with Crippen molar-refractivity contribution < 1.29 is 22.7 Å². The first-order chi connectivity index (χ1) is 15.8. The molecular weight excluding hydrogens is 435 g/mol. The van der Waals surface area contributed by atoms with Gasteiger partial charge in [-0.15, -0.1) is 0 Å². The lowest BCUT2D eigenvalue weighted by Gasteiger charge is -2.33. The summed E-state index contributed by atoms with van der Waals surface area (Å²) >= 11 is 0. The van der Waals surface area contributed by atoms with Gasteiger partial charge in [0.1, 0.15) is 11.5 Å². The van der Waals surface area contributed by atoms with Gasteiger partial charge >= 0.3 is 0 Å². The van der Waals surface area contributed by atoms with Crippen molar-refractivity contribution in [3.63, 3.8) is 0 Å². The fraction of sp³-hybridized carbons (Fsp3) is 0.250. The van der Waals surface area contributed by atoms with Crippen molar-refractivity contribution in [2.24, 2.45) is 0 Å². The predicted molar refractivity (Wildman–Crippen MR) is 117 cm³/mol. The van der Waals surface area contributed by atoms with Gasteiger partial charge in [-0.3, -0.25) is 9.59 Å². The maximum atomic E-state index is 14.1. The zero-order valence-electron chi connectivity index (χ0n) is 17.9. The molecule has 1 amide bonds. The van der Waals surface area contributed by atoms with Crippen LogP contribution >= 0.6 is 0 Å². The number of carbonyl (C=O) groups excluding carboxylic acids is 1. The highest BCUT2D eigenvalue weighted by Gasteiger charge is 2.32. The maximum absolute atomic E-state index is 14.1. The third-order valence-corrected chi connectivity index (χ3v) is 6.23. The van der Waals surface area contributed by atoms with Crippen LogP contribution in [0.1, 0.15) is 40.3 Å². The number of likely N-dealkylation sites (N-methyl/N-ethyl adjacent to an activating group) is 1. The summed E-state index contributed by atoms with van der Waals surface area (Å²) in [6.07, 6.45) is 0.598. The molecule has 6 nitrogen and oxygen atoms in total. The number of hydrogen-bond acceptors (Lipinski definition) is 3. The third kappa shape index (κ3) is 3.39. The number of hydrogen-bond donors (Lipinski definition) is 2. The van der Waals surface area contributed by atoms with Gasteiger partial charge in [0.25, 0.3) is 11.5 Å². The van der Waals surface area contributed by atoms with Crippen LogP contribution in [0, 0.1) is 17.5 Å². The van der Waals surface area contributed by atoms with Gasteiger partial charge in [-0.1, -0.05) is 6.92 Å². The van der Waals surface area contributed by atoms with E-state index in [1.54, 1.807) is 13.1 Å². The zero-order chi connectivity index (χ0) is 23.4. The van der Waals surface area contributed by atoms with Gasteiger partial charge in [0, 0.05) is 29.2 Å². The maximum Gasteiger partial charge on any atom is 0.270 e. The molecule has 0 saturated heterocycles. The number of carbonyl (C=O) groups is 1. The minimum absolute atomic E-state index is 0.00549. The van der Waals surface area contributed by atoms with Crippen molar-refractivity contribution in [3.8, 4) is 0 Å². The first-order valence-electron chi connectivity index (χ1n) is 10.5. The largest absolute Gasteiger partial charge is 0.373 e. The number of fused-ring (bicyclic) bond motifs is 4. The van der Waals surface area contributed by atoms with E-state index in [4.69, 9.17) is 4.74 Å². The van der Waals surface area contributed by atoms with Crippen LogP contribution in [0.5, 0.6) is 0 Å². The molecule has 0 spiro atoms. The number of nitrogens with one attached hydrogen (secondary N) is 2. The number of aryl methyl sites for hydroxylation is 1. The number of amides is 1. The van der Waals surface area contributed by atoms with Gasteiger partial charge in [-0.2, -0.15) is 0 Å². The van der Waals surface area contributed by atoms with E-state index < -0.39 is 35.0 Å². The van der Waals surface area contributed by atoms with Crippen LogP contribution in [0.4, 0.5) is 13.2 Å². The van der Waals surface area contributed by atoms with E-state index in [0.29, 0.717) is 23.2 Å². The molecule has 1 aliphatic rings. The number of rotatable bonds is 3. The van der Waals surface area contributed by atoms with Crippen LogP contribution in [-0.4, -0.2) is 34.4 Å². The Kier molecular flexibility index (Phi) is 5.01. The van der Waals surface area contributed by atoms with Crippen LogP contribution in [0.15, 0.2) is 35.1 Å². The van der Waals surface area contributed by atoms with Crippen molar-refractivity contribution in [3.05, 3.63) is 80.7 Å². The number of nitrogens with zero attached hydrogens (tertiary/aromatic N) is 1. The second-order valence-electron chi connectivity index (χ2n) is 8.17. The molecule has 33 heavy (non-hydrogen) atoms. The summed E-state index contributed by atoms with van der Waals surface area (Å²) in [6.45, 7) is 2.08. The third-order valence-electron chi connectivity index (χ3n) is 6.23. The Bertz CT molecular complexity index is 1490. The summed E-state index contributed by atoms with van der Waals surface area (Å²) < 4.78 is 47.4. The molecule has 2 aromatic heterocycles. The van der Waals surface area contributed by atoms with Gasteiger partial charge in [-0.25, -0.2) is 13.2 Å². The number of benzene rings is 2. The van der Waals surface area contributed by atoms with E-state index in [2.05, 4.69) is 9.97 Å². The molecule has 0 radical (unpaired) electrons. The zero-order valence-corrected chi connectivity index (χ0v) is 17.9. The average molecular weight is 455 g/mol. The smallest absolute Gasteiger partial charge is 0.270 e. The molecule has 9 heteroatoms. The SMILES string of the molecule is CCc1cc(F)cc2[nH]c(C(=O)N(C)[C@@H]3COCc4[nH]c(=O)c5cc(F)c(F)cc5c43)cc12. The summed E-state index contributed by atoms with van der Waals surface area (Å²) in [5.41, 5.74) is 1.88. The summed E-state index contributed by atoms with van der Waals surface area (Å²) in [6, 6.07) is 5.62. The summed E-state index contributed by atoms with van der Waals surface area (Å²) in [5, 5.41) is 0.977. The van der Waals surface area contributed by atoms with Gasteiger partial charge in [0.15, 0.2) is 11.6 Å². The van der Waals surface area contributed by atoms with E-state index in [0.717, 1.165) is 23.1 Å². The van der Waals surface area contributed by atoms with Gasteiger partial charge in [0.2, 0.25) is 0 Å².